The molecule has 2 N–H and O–H groups in total. The lowest BCUT2D eigenvalue weighted by atomic mass is 10.1. The molecule has 0 atom stereocenters. The monoisotopic (exact) mass is 338 g/mol. The van der Waals surface area contributed by atoms with Gasteiger partial charge in [-0.3, -0.25) is 4.79 Å². The van der Waals surface area contributed by atoms with E-state index in [1.165, 1.54) is 33.1 Å². The summed E-state index contributed by atoms with van der Waals surface area (Å²) in [5.41, 5.74) is 0.618. The van der Waals surface area contributed by atoms with E-state index in [1.807, 2.05) is 0 Å². The molecule has 0 saturated carbocycles. The van der Waals surface area contributed by atoms with E-state index in [0.717, 1.165) is 13.2 Å². The van der Waals surface area contributed by atoms with Gasteiger partial charge in [0, 0.05) is 5.56 Å². The first-order valence-electron chi connectivity index (χ1n) is 8.64. The molecule has 2 rings (SSSR count). The number of rotatable bonds is 9. The summed E-state index contributed by atoms with van der Waals surface area (Å²) >= 11 is 0. The third kappa shape index (κ3) is 5.78. The number of nitrogens with one attached hydrogen (secondary N) is 2. The van der Waals surface area contributed by atoms with Gasteiger partial charge < -0.3 is 24.0 Å². The lowest BCUT2D eigenvalue weighted by Gasteiger charge is -2.27. The molecule has 0 unspecified atom stereocenters. The van der Waals surface area contributed by atoms with Crippen LogP contribution in [0.4, 0.5) is 0 Å². The number of carbonyl (C=O) groups is 1. The van der Waals surface area contributed by atoms with Crippen LogP contribution >= 0.6 is 0 Å². The summed E-state index contributed by atoms with van der Waals surface area (Å²) in [4.78, 5) is 14.6. The summed E-state index contributed by atoms with van der Waals surface area (Å²) in [6, 6.07) is 5.23. The fourth-order valence-electron chi connectivity index (χ4n) is 2.82. The molecule has 1 heterocycles. The Morgan fingerprint density at radius 1 is 1.08 bits per heavy atom. The van der Waals surface area contributed by atoms with Gasteiger partial charge >= 0.3 is 0 Å². The van der Waals surface area contributed by atoms with Crippen molar-refractivity contribution in [1.82, 2.24) is 0 Å². The number of carbonyl (C=O) groups excluding carboxylic acids is 1. The molecule has 6 nitrogen and oxygen atoms in total. The maximum absolute atomic E-state index is 11.4. The van der Waals surface area contributed by atoms with Gasteiger partial charge in [-0.25, -0.2) is 0 Å². The van der Waals surface area contributed by atoms with Gasteiger partial charge in [0.15, 0.2) is 17.3 Å². The number of hydrogen-bond acceptors (Lipinski definition) is 4. The van der Waals surface area contributed by atoms with Gasteiger partial charge in [-0.05, 0) is 25.1 Å². The van der Waals surface area contributed by atoms with Crippen LogP contribution < -0.4 is 19.3 Å². The van der Waals surface area contributed by atoms with Gasteiger partial charge in [-0.2, -0.15) is 0 Å². The van der Waals surface area contributed by atoms with Gasteiger partial charge in [0.1, 0.15) is 39.3 Å². The van der Waals surface area contributed by atoms with Gasteiger partial charge in [0.05, 0.1) is 27.4 Å². The highest BCUT2D eigenvalue weighted by Gasteiger charge is 2.19. The second-order valence-electron chi connectivity index (χ2n) is 6.34. The Bertz CT molecular complexity index is 528. The van der Waals surface area contributed by atoms with Crippen LogP contribution in [0.1, 0.15) is 17.3 Å². The second-order valence-corrected chi connectivity index (χ2v) is 6.34. The average molecular weight is 338 g/mol. The van der Waals surface area contributed by atoms with Crippen LogP contribution in [0, 0.1) is 0 Å². The van der Waals surface area contributed by atoms with Crippen LogP contribution in [0.15, 0.2) is 18.2 Å². The zero-order valence-corrected chi connectivity index (χ0v) is 15.0. The molecule has 1 aliphatic rings. The molecule has 1 aromatic rings. The zero-order chi connectivity index (χ0) is 17.4. The van der Waals surface area contributed by atoms with Crippen molar-refractivity contribution in [3.8, 4) is 11.5 Å². The van der Waals surface area contributed by atoms with Crippen LogP contribution in [-0.4, -0.2) is 72.5 Å². The standard InChI is InChI=1S/C18H28N2O4/c1-15(21)16-4-5-17(18(14-16)22-3)24-13-12-23-11-10-20-8-6-19(2)7-9-20/h4-5,14H,6-13H2,1-3H3/p+2. The molecule has 24 heavy (non-hydrogen) atoms. The number of piperazine rings is 1. The number of hydrogen-bond donors (Lipinski definition) is 2. The molecule has 0 radical (unpaired) electrons. The number of benzene rings is 1. The fraction of sp³-hybridized carbons (Fsp3) is 0.611. The lowest BCUT2D eigenvalue weighted by molar-refractivity contribution is -1.00. The summed E-state index contributed by atoms with van der Waals surface area (Å²) in [5, 5.41) is 0. The van der Waals surface area contributed by atoms with Crippen molar-refractivity contribution in [2.75, 3.05) is 66.7 Å². The second kappa shape index (κ2) is 9.61. The Hall–Kier alpha value is -1.63. The Kier molecular flexibility index (Phi) is 7.49. The van der Waals surface area contributed by atoms with E-state index >= 15 is 0 Å². The number of ketones is 1. The van der Waals surface area contributed by atoms with Gasteiger partial charge in [-0.15, -0.1) is 0 Å². The van der Waals surface area contributed by atoms with Crippen LogP contribution in [0.2, 0.25) is 0 Å². The van der Waals surface area contributed by atoms with Gasteiger partial charge in [-0.1, -0.05) is 0 Å². The first-order chi connectivity index (χ1) is 11.6. The molecule has 1 aliphatic heterocycles. The number of methoxy groups -OCH3 is 1. The minimum Gasteiger partial charge on any atom is -0.493 e. The molecule has 134 valence electrons. The Morgan fingerprint density at radius 2 is 1.83 bits per heavy atom. The van der Waals surface area contributed by atoms with Crippen molar-refractivity contribution in [2.24, 2.45) is 0 Å². The number of quaternary nitrogens is 2. The Balaban J connectivity index is 1.64. The molecule has 0 spiro atoms. The molecule has 0 aromatic heterocycles. The number of likely N-dealkylation sites (N-methyl/N-ethyl adjacent to an activating group) is 1. The normalized spacial score (nSPS) is 20.6. The molecule has 6 heteroatoms. The third-order valence-corrected chi connectivity index (χ3v) is 4.47. The summed E-state index contributed by atoms with van der Waals surface area (Å²) in [5.74, 6) is 1.22. The van der Waals surface area contributed by atoms with E-state index in [4.69, 9.17) is 14.2 Å². The predicted octanol–water partition coefficient (Wildman–Crippen LogP) is -1.29. The van der Waals surface area contributed by atoms with Crippen molar-refractivity contribution < 1.29 is 28.8 Å². The third-order valence-electron chi connectivity index (χ3n) is 4.47. The van der Waals surface area contributed by atoms with Crippen LogP contribution in [0.25, 0.3) is 0 Å². The largest absolute Gasteiger partial charge is 0.493 e. The molecule has 0 aliphatic carbocycles. The highest BCUT2D eigenvalue weighted by atomic mass is 16.5. The van der Waals surface area contributed by atoms with E-state index in [-0.39, 0.29) is 5.78 Å². The predicted molar refractivity (Wildman–Crippen MR) is 91.5 cm³/mol. The van der Waals surface area contributed by atoms with Crippen LogP contribution in [-0.2, 0) is 4.74 Å². The van der Waals surface area contributed by atoms with Gasteiger partial charge in [0.25, 0.3) is 0 Å². The van der Waals surface area contributed by atoms with E-state index in [0.29, 0.717) is 30.3 Å². The summed E-state index contributed by atoms with van der Waals surface area (Å²) < 4.78 is 16.6. The minimum absolute atomic E-state index is 0.0104. The molecular weight excluding hydrogens is 308 g/mol. The highest BCUT2D eigenvalue weighted by molar-refractivity contribution is 5.94. The quantitative estimate of drug-likeness (QED) is 0.434. The van der Waals surface area contributed by atoms with Crippen molar-refractivity contribution in [3.05, 3.63) is 23.8 Å². The molecule has 1 fully saturated rings. The Morgan fingerprint density at radius 3 is 2.50 bits per heavy atom. The van der Waals surface area contributed by atoms with Crippen molar-refractivity contribution in [1.29, 1.82) is 0 Å². The number of ether oxygens (including phenoxy) is 3. The summed E-state index contributed by atoms with van der Waals surface area (Å²) in [6.45, 7) is 9.32. The minimum atomic E-state index is 0.0104. The van der Waals surface area contributed by atoms with E-state index in [1.54, 1.807) is 35.1 Å². The van der Waals surface area contributed by atoms with Crippen molar-refractivity contribution >= 4 is 5.78 Å². The Labute approximate surface area is 144 Å². The van der Waals surface area contributed by atoms with Crippen molar-refractivity contribution in [3.63, 3.8) is 0 Å². The van der Waals surface area contributed by atoms with E-state index in [9.17, 15) is 4.79 Å². The maximum Gasteiger partial charge on any atom is 0.161 e. The summed E-state index contributed by atoms with van der Waals surface area (Å²) in [7, 11) is 3.82. The van der Waals surface area contributed by atoms with E-state index < -0.39 is 0 Å². The number of Topliss-reactive ketones (excluding diaryl/α,β-unsaturated/α-hetero) is 1. The van der Waals surface area contributed by atoms with Crippen LogP contribution in [0.5, 0.6) is 11.5 Å². The molecule has 0 bridgehead atoms. The summed E-state index contributed by atoms with van der Waals surface area (Å²) in [6.07, 6.45) is 0. The average Bonchev–Trinajstić information content (AvgIpc) is 2.59. The molecule has 0 amide bonds. The topological polar surface area (TPSA) is 53.6 Å². The smallest absolute Gasteiger partial charge is 0.161 e. The molecular formula is C18H30N2O4+2. The van der Waals surface area contributed by atoms with E-state index in [2.05, 4.69) is 7.05 Å². The van der Waals surface area contributed by atoms with Crippen LogP contribution in [0.3, 0.4) is 0 Å². The van der Waals surface area contributed by atoms with Gasteiger partial charge in [0.2, 0.25) is 0 Å². The van der Waals surface area contributed by atoms with Crippen molar-refractivity contribution in [2.45, 2.75) is 6.92 Å². The SMILES string of the molecule is COc1cc(C(C)=O)ccc1OCCOCC[NH+]1CC[NH+](C)CC1. The maximum atomic E-state index is 11.4. The first-order valence-corrected chi connectivity index (χ1v) is 8.64. The fourth-order valence-corrected chi connectivity index (χ4v) is 2.82. The molecule has 1 aromatic carbocycles. The highest BCUT2D eigenvalue weighted by Crippen LogP contribution is 2.28. The first kappa shape index (κ1) is 18.7. The lowest BCUT2D eigenvalue weighted by Crippen LogP contribution is -3.27. The molecule has 1 saturated heterocycles. The zero-order valence-electron chi connectivity index (χ0n) is 15.0.